The molecular formula is C54H36N6. The number of rotatable bonds is 9. The summed E-state index contributed by atoms with van der Waals surface area (Å²) in [6, 6.07) is 74.2. The molecule has 10 aromatic rings. The van der Waals surface area contributed by atoms with Gasteiger partial charge in [-0.2, -0.15) is 0 Å². The van der Waals surface area contributed by atoms with Gasteiger partial charge in [-0.15, -0.1) is 0 Å². The molecule has 0 aliphatic carbocycles. The molecule has 8 aromatic carbocycles. The van der Waals surface area contributed by atoms with Crippen LogP contribution in [0.2, 0.25) is 0 Å². The molecule has 282 valence electrons. The van der Waals surface area contributed by atoms with Crippen LogP contribution in [0, 0.1) is 0 Å². The van der Waals surface area contributed by atoms with Gasteiger partial charge in [0.2, 0.25) is 0 Å². The van der Waals surface area contributed by atoms with Crippen molar-refractivity contribution in [2.75, 3.05) is 0 Å². The summed E-state index contributed by atoms with van der Waals surface area (Å²) < 4.78 is 0. The molecule has 10 rings (SSSR count). The second-order valence-corrected chi connectivity index (χ2v) is 14.3. The first-order valence-corrected chi connectivity index (χ1v) is 19.9. The summed E-state index contributed by atoms with van der Waals surface area (Å²) in [5, 5.41) is 0. The van der Waals surface area contributed by atoms with Crippen molar-refractivity contribution in [3.05, 3.63) is 218 Å². The highest BCUT2D eigenvalue weighted by atomic mass is 15.0. The summed E-state index contributed by atoms with van der Waals surface area (Å²) in [4.78, 5) is 30.2. The highest BCUT2D eigenvalue weighted by Crippen LogP contribution is 2.37. The van der Waals surface area contributed by atoms with E-state index in [9.17, 15) is 0 Å². The normalized spacial score (nSPS) is 11.0. The molecule has 0 N–H and O–H groups in total. The van der Waals surface area contributed by atoms with Crippen molar-refractivity contribution in [1.29, 1.82) is 0 Å². The lowest BCUT2D eigenvalue weighted by Gasteiger charge is -2.14. The molecule has 0 amide bonds. The van der Waals surface area contributed by atoms with Crippen LogP contribution >= 0.6 is 0 Å². The van der Waals surface area contributed by atoms with Crippen LogP contribution in [0.5, 0.6) is 0 Å². The van der Waals surface area contributed by atoms with Crippen LogP contribution in [-0.2, 0) is 0 Å². The second-order valence-electron chi connectivity index (χ2n) is 14.3. The minimum atomic E-state index is 0.604. The minimum Gasteiger partial charge on any atom is -0.208 e. The van der Waals surface area contributed by atoms with Crippen LogP contribution in [0.15, 0.2) is 218 Å². The molecule has 60 heavy (non-hydrogen) atoms. The average molecular weight is 769 g/mol. The molecule has 0 spiro atoms. The van der Waals surface area contributed by atoms with Crippen LogP contribution in [0.1, 0.15) is 0 Å². The van der Waals surface area contributed by atoms with Crippen molar-refractivity contribution >= 4 is 0 Å². The zero-order valence-electron chi connectivity index (χ0n) is 32.5. The molecule has 0 bridgehead atoms. The summed E-state index contributed by atoms with van der Waals surface area (Å²) in [6.45, 7) is 0. The van der Waals surface area contributed by atoms with Gasteiger partial charge in [-0.05, 0) is 39.4 Å². The molecule has 6 heteroatoms. The molecule has 0 saturated carbocycles. The SMILES string of the molecule is c1ccc(-c2cccc(-c3nc(-c4ccccc4)nc(-c4ccccc4-c4ccc(-c5ccccc5-c5nc(-c6ccccc6)nc(-c6ccccc6)n5)cc4)n3)c2)cc1. The standard InChI is InChI=1S/C54H36N6/c1-5-18-37(19-6-1)43-26-17-27-44(36-43)52-56-51(42-24-11-4-12-25-42)59-54(60-52)48-31-16-14-29-46(48)39-34-32-38(33-35-39)45-28-13-15-30-47(45)53-57-49(40-20-7-2-8-21-40)55-50(58-53)41-22-9-3-10-23-41/h1-36H. The van der Waals surface area contributed by atoms with Gasteiger partial charge in [-0.3, -0.25) is 0 Å². The van der Waals surface area contributed by atoms with Gasteiger partial charge in [-0.1, -0.05) is 212 Å². The lowest BCUT2D eigenvalue weighted by molar-refractivity contribution is 1.07. The smallest absolute Gasteiger partial charge is 0.164 e. The highest BCUT2D eigenvalue weighted by molar-refractivity contribution is 5.86. The number of hydrogen-bond acceptors (Lipinski definition) is 6. The molecule has 0 saturated heterocycles. The van der Waals surface area contributed by atoms with Crippen LogP contribution in [0.4, 0.5) is 0 Å². The summed E-state index contributed by atoms with van der Waals surface area (Å²) in [6.07, 6.45) is 0. The van der Waals surface area contributed by atoms with Gasteiger partial charge in [0.1, 0.15) is 0 Å². The van der Waals surface area contributed by atoms with Crippen LogP contribution in [0.25, 0.3) is 102 Å². The summed E-state index contributed by atoms with van der Waals surface area (Å²) in [7, 11) is 0. The monoisotopic (exact) mass is 768 g/mol. The fraction of sp³-hybridized carbons (Fsp3) is 0. The molecule has 2 heterocycles. The van der Waals surface area contributed by atoms with Crippen molar-refractivity contribution < 1.29 is 0 Å². The number of nitrogens with zero attached hydrogens (tertiary/aromatic N) is 6. The highest BCUT2D eigenvalue weighted by Gasteiger charge is 2.18. The van der Waals surface area contributed by atoms with E-state index in [1.54, 1.807) is 0 Å². The van der Waals surface area contributed by atoms with Crippen LogP contribution in [0.3, 0.4) is 0 Å². The van der Waals surface area contributed by atoms with E-state index in [2.05, 4.69) is 109 Å². The second kappa shape index (κ2) is 16.3. The Morgan fingerprint density at radius 3 is 0.850 bits per heavy atom. The molecule has 0 unspecified atom stereocenters. The predicted octanol–water partition coefficient (Wildman–Crippen LogP) is 13.1. The van der Waals surface area contributed by atoms with E-state index in [0.717, 1.165) is 66.8 Å². The van der Waals surface area contributed by atoms with Gasteiger partial charge in [0, 0.05) is 33.4 Å². The Morgan fingerprint density at radius 2 is 0.450 bits per heavy atom. The van der Waals surface area contributed by atoms with E-state index in [4.69, 9.17) is 29.9 Å². The van der Waals surface area contributed by atoms with Crippen molar-refractivity contribution in [3.8, 4) is 102 Å². The summed E-state index contributed by atoms with van der Waals surface area (Å²) >= 11 is 0. The number of benzene rings is 8. The lowest BCUT2D eigenvalue weighted by Crippen LogP contribution is -2.01. The molecule has 6 nitrogen and oxygen atoms in total. The average Bonchev–Trinajstić information content (AvgIpc) is 3.35. The zero-order chi connectivity index (χ0) is 40.1. The molecule has 0 aliphatic heterocycles. The first-order valence-electron chi connectivity index (χ1n) is 19.9. The third kappa shape index (κ3) is 7.49. The number of hydrogen-bond donors (Lipinski definition) is 0. The van der Waals surface area contributed by atoms with Crippen molar-refractivity contribution in [2.24, 2.45) is 0 Å². The molecule has 0 radical (unpaired) electrons. The first-order chi connectivity index (χ1) is 29.7. The zero-order valence-corrected chi connectivity index (χ0v) is 32.5. The Morgan fingerprint density at radius 1 is 0.167 bits per heavy atom. The Hall–Kier alpha value is -8.22. The first kappa shape index (κ1) is 36.1. The van der Waals surface area contributed by atoms with E-state index >= 15 is 0 Å². The minimum absolute atomic E-state index is 0.604. The quantitative estimate of drug-likeness (QED) is 0.145. The van der Waals surface area contributed by atoms with Gasteiger partial charge in [0.15, 0.2) is 34.9 Å². The molecule has 2 aromatic heterocycles. The number of aromatic nitrogens is 6. The maximum Gasteiger partial charge on any atom is 0.164 e. The van der Waals surface area contributed by atoms with Crippen molar-refractivity contribution in [1.82, 2.24) is 29.9 Å². The topological polar surface area (TPSA) is 77.3 Å². The van der Waals surface area contributed by atoms with Crippen molar-refractivity contribution in [3.63, 3.8) is 0 Å². The molecule has 0 fully saturated rings. The van der Waals surface area contributed by atoms with E-state index in [1.807, 2.05) is 109 Å². The third-order valence-electron chi connectivity index (χ3n) is 10.4. The Balaban J connectivity index is 1.04. The fourth-order valence-electron chi connectivity index (χ4n) is 7.43. The third-order valence-corrected chi connectivity index (χ3v) is 10.4. The van der Waals surface area contributed by atoms with Crippen LogP contribution in [-0.4, -0.2) is 29.9 Å². The van der Waals surface area contributed by atoms with Gasteiger partial charge < -0.3 is 0 Å². The van der Waals surface area contributed by atoms with Crippen molar-refractivity contribution in [2.45, 2.75) is 0 Å². The summed E-state index contributed by atoms with van der Waals surface area (Å²) in [5.41, 5.74) is 11.9. The Labute approximate surface area is 348 Å². The molecule has 0 atom stereocenters. The van der Waals surface area contributed by atoms with Gasteiger partial charge >= 0.3 is 0 Å². The van der Waals surface area contributed by atoms with Crippen LogP contribution < -0.4 is 0 Å². The van der Waals surface area contributed by atoms with Gasteiger partial charge in [0.05, 0.1) is 0 Å². The maximum atomic E-state index is 5.15. The Kier molecular flexibility index (Phi) is 9.84. The van der Waals surface area contributed by atoms with E-state index < -0.39 is 0 Å². The van der Waals surface area contributed by atoms with Gasteiger partial charge in [0.25, 0.3) is 0 Å². The van der Waals surface area contributed by atoms with Gasteiger partial charge in [-0.25, -0.2) is 29.9 Å². The molecular weight excluding hydrogens is 733 g/mol. The predicted molar refractivity (Wildman–Crippen MR) is 242 cm³/mol. The van der Waals surface area contributed by atoms with E-state index in [0.29, 0.717) is 34.9 Å². The fourth-order valence-corrected chi connectivity index (χ4v) is 7.43. The molecule has 0 aliphatic rings. The largest absolute Gasteiger partial charge is 0.208 e. The maximum absolute atomic E-state index is 5.15. The van der Waals surface area contributed by atoms with E-state index in [-0.39, 0.29) is 0 Å². The Bertz CT molecular complexity index is 3010. The van der Waals surface area contributed by atoms with E-state index in [1.165, 1.54) is 0 Å². The lowest BCUT2D eigenvalue weighted by atomic mass is 9.94. The summed E-state index contributed by atoms with van der Waals surface area (Å²) in [5.74, 6) is 3.70.